The highest BCUT2D eigenvalue weighted by Gasteiger charge is 2.22. The third-order valence-corrected chi connectivity index (χ3v) is 4.98. The van der Waals surface area contributed by atoms with Crippen LogP contribution in [0.5, 0.6) is 5.75 Å². The summed E-state index contributed by atoms with van der Waals surface area (Å²) in [4.78, 5) is 14.1. The summed E-state index contributed by atoms with van der Waals surface area (Å²) in [6.07, 6.45) is 0. The first-order chi connectivity index (χ1) is 13.8. The number of fused-ring (bicyclic) bond motifs is 1. The van der Waals surface area contributed by atoms with Gasteiger partial charge in [-0.3, -0.25) is 0 Å². The fourth-order valence-electron chi connectivity index (χ4n) is 3.55. The first-order valence-corrected chi connectivity index (χ1v) is 9.54. The zero-order valence-corrected chi connectivity index (χ0v) is 16.0. The fraction of sp³-hybridized carbons (Fsp3) is 0.333. The Balaban J connectivity index is 1.55. The highest BCUT2D eigenvalue weighted by atomic mass is 16.5. The number of rotatable bonds is 6. The van der Waals surface area contributed by atoms with Crippen molar-refractivity contribution < 1.29 is 9.84 Å². The van der Waals surface area contributed by atoms with Crippen LogP contribution in [0.3, 0.4) is 0 Å². The van der Waals surface area contributed by atoms with Crippen molar-refractivity contribution in [3.8, 4) is 5.75 Å². The lowest BCUT2D eigenvalue weighted by Gasteiger charge is -2.36. The van der Waals surface area contributed by atoms with E-state index in [2.05, 4.69) is 21.2 Å². The molecule has 1 aliphatic heterocycles. The number of nitrogens with zero attached hydrogens (tertiary/aromatic N) is 4. The molecule has 0 atom stereocenters. The number of aliphatic hydroxyl groups excluding tert-OH is 1. The molecule has 1 fully saturated rings. The fourth-order valence-corrected chi connectivity index (χ4v) is 3.55. The molecule has 3 aromatic rings. The van der Waals surface area contributed by atoms with E-state index in [4.69, 9.17) is 19.8 Å². The van der Waals surface area contributed by atoms with Gasteiger partial charge in [0, 0.05) is 38.1 Å². The summed E-state index contributed by atoms with van der Waals surface area (Å²) in [7, 11) is 1.71. The molecule has 0 spiro atoms. The maximum absolute atomic E-state index is 9.17. The van der Waals surface area contributed by atoms with Crippen LogP contribution in [-0.4, -0.2) is 61.5 Å². The molecule has 0 unspecified atom stereocenters. The van der Waals surface area contributed by atoms with E-state index in [0.717, 1.165) is 60.3 Å². The Morgan fingerprint density at radius 2 is 1.68 bits per heavy atom. The van der Waals surface area contributed by atoms with Gasteiger partial charge in [0.2, 0.25) is 5.95 Å². The summed E-state index contributed by atoms with van der Waals surface area (Å²) < 4.78 is 5.50. The van der Waals surface area contributed by atoms with E-state index < -0.39 is 0 Å². The monoisotopic (exact) mass is 379 g/mol. The molecule has 7 heteroatoms. The SMILES string of the molecule is COc1ccccc1N1CCN(c2nc(NCCO)c3ccccc3n2)CC1. The highest BCUT2D eigenvalue weighted by molar-refractivity contribution is 5.90. The van der Waals surface area contributed by atoms with Crippen molar-refractivity contribution in [3.63, 3.8) is 0 Å². The first kappa shape index (κ1) is 18.3. The normalized spacial score (nSPS) is 14.4. The number of ether oxygens (including phenoxy) is 1. The van der Waals surface area contributed by atoms with E-state index in [-0.39, 0.29) is 6.61 Å². The standard InChI is InChI=1S/C21H25N5O2/c1-28-19-9-5-4-8-18(19)25-11-13-26(14-12-25)21-23-17-7-3-2-6-16(17)20(24-21)22-10-15-27/h2-9,27H,10-15H2,1H3,(H,22,23,24). The van der Waals surface area contributed by atoms with E-state index in [9.17, 15) is 0 Å². The van der Waals surface area contributed by atoms with Gasteiger partial charge in [-0.15, -0.1) is 0 Å². The van der Waals surface area contributed by atoms with Crippen molar-refractivity contribution in [1.29, 1.82) is 0 Å². The maximum atomic E-state index is 9.17. The predicted molar refractivity (Wildman–Crippen MR) is 113 cm³/mol. The third kappa shape index (κ3) is 3.66. The molecule has 2 N–H and O–H groups in total. The van der Waals surface area contributed by atoms with E-state index >= 15 is 0 Å². The minimum atomic E-state index is 0.0608. The smallest absolute Gasteiger partial charge is 0.228 e. The van der Waals surface area contributed by atoms with E-state index in [0.29, 0.717) is 6.54 Å². The van der Waals surface area contributed by atoms with Crippen LogP contribution in [0.2, 0.25) is 0 Å². The molecule has 2 aromatic carbocycles. The van der Waals surface area contributed by atoms with Crippen LogP contribution < -0.4 is 19.9 Å². The summed E-state index contributed by atoms with van der Waals surface area (Å²) in [6, 6.07) is 16.1. The molecule has 1 aliphatic rings. The Morgan fingerprint density at radius 1 is 0.964 bits per heavy atom. The van der Waals surface area contributed by atoms with Crippen molar-refractivity contribution >= 4 is 28.4 Å². The number of hydrogen-bond acceptors (Lipinski definition) is 7. The molecule has 7 nitrogen and oxygen atoms in total. The Labute approximate surface area is 164 Å². The Kier molecular flexibility index (Phi) is 5.43. The Bertz CT molecular complexity index is 941. The zero-order chi connectivity index (χ0) is 19.3. The summed E-state index contributed by atoms with van der Waals surface area (Å²) in [6.45, 7) is 3.92. The van der Waals surface area contributed by atoms with E-state index in [1.807, 2.05) is 42.5 Å². The van der Waals surface area contributed by atoms with Crippen molar-refractivity contribution in [2.45, 2.75) is 0 Å². The molecule has 0 saturated carbocycles. The quantitative estimate of drug-likeness (QED) is 0.681. The second-order valence-electron chi connectivity index (χ2n) is 6.69. The number of anilines is 3. The van der Waals surface area contributed by atoms with Crippen LogP contribution in [0.1, 0.15) is 0 Å². The third-order valence-electron chi connectivity index (χ3n) is 4.98. The average molecular weight is 379 g/mol. The number of aromatic nitrogens is 2. The van der Waals surface area contributed by atoms with Crippen LogP contribution >= 0.6 is 0 Å². The average Bonchev–Trinajstić information content (AvgIpc) is 2.77. The second kappa shape index (κ2) is 8.31. The number of methoxy groups -OCH3 is 1. The maximum Gasteiger partial charge on any atom is 0.228 e. The van der Waals surface area contributed by atoms with Gasteiger partial charge in [-0.2, -0.15) is 4.98 Å². The molecule has 0 bridgehead atoms. The van der Waals surface area contributed by atoms with Gasteiger partial charge in [0.05, 0.1) is 24.9 Å². The number of para-hydroxylation sites is 3. The molecule has 146 valence electrons. The van der Waals surface area contributed by atoms with Gasteiger partial charge in [-0.1, -0.05) is 24.3 Å². The largest absolute Gasteiger partial charge is 0.495 e. The lowest BCUT2D eigenvalue weighted by atomic mass is 10.2. The number of hydrogen-bond donors (Lipinski definition) is 2. The molecule has 0 amide bonds. The number of nitrogens with one attached hydrogen (secondary N) is 1. The summed E-state index contributed by atoms with van der Waals surface area (Å²) in [5.74, 6) is 2.38. The number of aliphatic hydroxyl groups is 1. The summed E-state index contributed by atoms with van der Waals surface area (Å²) in [5.41, 5.74) is 2.02. The second-order valence-corrected chi connectivity index (χ2v) is 6.69. The van der Waals surface area contributed by atoms with Crippen LogP contribution in [0, 0.1) is 0 Å². The van der Waals surface area contributed by atoms with E-state index in [1.54, 1.807) is 7.11 Å². The van der Waals surface area contributed by atoms with E-state index in [1.165, 1.54) is 0 Å². The van der Waals surface area contributed by atoms with Gasteiger partial charge in [-0.05, 0) is 24.3 Å². The molecule has 0 aliphatic carbocycles. The summed E-state index contributed by atoms with van der Waals surface area (Å²) in [5, 5.41) is 13.3. The number of piperazine rings is 1. The molecule has 2 heterocycles. The van der Waals surface area contributed by atoms with Gasteiger partial charge in [0.25, 0.3) is 0 Å². The van der Waals surface area contributed by atoms with Gasteiger partial charge in [-0.25, -0.2) is 4.98 Å². The molecule has 0 radical (unpaired) electrons. The van der Waals surface area contributed by atoms with Gasteiger partial charge in [0.1, 0.15) is 11.6 Å². The predicted octanol–water partition coefficient (Wildman–Crippen LogP) is 2.37. The highest BCUT2D eigenvalue weighted by Crippen LogP contribution is 2.29. The molecule has 1 saturated heterocycles. The Morgan fingerprint density at radius 3 is 2.46 bits per heavy atom. The first-order valence-electron chi connectivity index (χ1n) is 9.54. The van der Waals surface area contributed by atoms with Crippen molar-refractivity contribution in [3.05, 3.63) is 48.5 Å². The van der Waals surface area contributed by atoms with Crippen molar-refractivity contribution in [2.24, 2.45) is 0 Å². The van der Waals surface area contributed by atoms with Crippen LogP contribution in [0.15, 0.2) is 48.5 Å². The topological polar surface area (TPSA) is 73.8 Å². The van der Waals surface area contributed by atoms with Crippen LogP contribution in [0.4, 0.5) is 17.5 Å². The molecule has 4 rings (SSSR count). The van der Waals surface area contributed by atoms with Gasteiger partial charge >= 0.3 is 0 Å². The molecule has 28 heavy (non-hydrogen) atoms. The Hall–Kier alpha value is -3.06. The number of benzene rings is 2. The lowest BCUT2D eigenvalue weighted by molar-refractivity contribution is 0.311. The minimum Gasteiger partial charge on any atom is -0.495 e. The van der Waals surface area contributed by atoms with Crippen molar-refractivity contribution in [2.75, 3.05) is 61.6 Å². The van der Waals surface area contributed by atoms with Crippen LogP contribution in [-0.2, 0) is 0 Å². The summed E-state index contributed by atoms with van der Waals surface area (Å²) >= 11 is 0. The molecular weight excluding hydrogens is 354 g/mol. The van der Waals surface area contributed by atoms with Gasteiger partial charge in [0.15, 0.2) is 0 Å². The van der Waals surface area contributed by atoms with Crippen LogP contribution in [0.25, 0.3) is 10.9 Å². The molecule has 1 aromatic heterocycles. The lowest BCUT2D eigenvalue weighted by Crippen LogP contribution is -2.47. The zero-order valence-electron chi connectivity index (χ0n) is 16.0. The minimum absolute atomic E-state index is 0.0608. The van der Waals surface area contributed by atoms with Crippen molar-refractivity contribution in [1.82, 2.24) is 9.97 Å². The molecular formula is C21H25N5O2. The van der Waals surface area contributed by atoms with Gasteiger partial charge < -0.3 is 25.0 Å².